The van der Waals surface area contributed by atoms with Gasteiger partial charge in [-0.2, -0.15) is 16.2 Å². The van der Waals surface area contributed by atoms with E-state index in [1.807, 2.05) is 6.26 Å². The van der Waals surface area contributed by atoms with Crippen LogP contribution in [0.25, 0.3) is 0 Å². The fourth-order valence-corrected chi connectivity index (χ4v) is 4.69. The normalized spacial score (nSPS) is 22.4. The summed E-state index contributed by atoms with van der Waals surface area (Å²) in [6.07, 6.45) is 4.19. The van der Waals surface area contributed by atoms with Crippen LogP contribution in [0.5, 0.6) is 0 Å². The van der Waals surface area contributed by atoms with Crippen molar-refractivity contribution in [3.8, 4) is 0 Å². The second kappa shape index (κ2) is 6.29. The van der Waals surface area contributed by atoms with Crippen LogP contribution in [0.4, 0.5) is 10.1 Å². The summed E-state index contributed by atoms with van der Waals surface area (Å²) >= 11 is 1.67. The quantitative estimate of drug-likeness (QED) is 0.659. The molecule has 0 heterocycles. The summed E-state index contributed by atoms with van der Waals surface area (Å²) in [6.45, 7) is 0. The summed E-state index contributed by atoms with van der Waals surface area (Å²) in [6, 6.07) is 2.80. The Labute approximate surface area is 126 Å². The Hall–Kier alpha value is -1.19. The van der Waals surface area contributed by atoms with Crippen molar-refractivity contribution in [3.05, 3.63) is 34.1 Å². The number of rotatable bonds is 5. The minimum absolute atomic E-state index is 0.268. The van der Waals surface area contributed by atoms with E-state index in [4.69, 9.17) is 0 Å². The molecule has 116 valence electrons. The summed E-state index contributed by atoms with van der Waals surface area (Å²) in [5.41, 5.74) is -1.01. The van der Waals surface area contributed by atoms with Crippen molar-refractivity contribution in [1.82, 2.24) is 4.72 Å². The summed E-state index contributed by atoms with van der Waals surface area (Å²) in [5.74, 6) is -1.16. The number of nitrogens with one attached hydrogen (secondary N) is 1. The van der Waals surface area contributed by atoms with Gasteiger partial charge in [0, 0.05) is 11.3 Å². The van der Waals surface area contributed by atoms with Crippen molar-refractivity contribution < 1.29 is 17.7 Å². The number of hydrogen-bond acceptors (Lipinski definition) is 5. The average molecular weight is 334 g/mol. The summed E-state index contributed by atoms with van der Waals surface area (Å²) in [7, 11) is -4.11. The number of benzene rings is 1. The van der Waals surface area contributed by atoms with E-state index < -0.39 is 31.3 Å². The lowest BCUT2D eigenvalue weighted by molar-refractivity contribution is -0.390. The van der Waals surface area contributed by atoms with Crippen LogP contribution in [-0.4, -0.2) is 30.9 Å². The third-order valence-electron chi connectivity index (χ3n) is 3.46. The van der Waals surface area contributed by atoms with Crippen molar-refractivity contribution >= 4 is 27.5 Å². The molecular formula is C12H15FN2O4S2. The molecule has 1 aromatic rings. The maximum absolute atomic E-state index is 13.5. The van der Waals surface area contributed by atoms with Gasteiger partial charge in [-0.15, -0.1) is 0 Å². The fraction of sp³-hybridized carbons (Fsp3) is 0.500. The number of hydrogen-bond donors (Lipinski definition) is 1. The number of sulfonamides is 1. The molecule has 1 saturated carbocycles. The highest BCUT2D eigenvalue weighted by Crippen LogP contribution is 2.31. The van der Waals surface area contributed by atoms with Crippen molar-refractivity contribution in [3.63, 3.8) is 0 Å². The molecule has 1 fully saturated rings. The summed E-state index contributed by atoms with van der Waals surface area (Å²) in [4.78, 5) is 9.26. The largest absolute Gasteiger partial charge is 0.324 e. The van der Waals surface area contributed by atoms with E-state index in [1.54, 1.807) is 11.8 Å². The summed E-state index contributed by atoms with van der Waals surface area (Å²) in [5, 5.41) is 11.3. The predicted octanol–water partition coefficient (Wildman–Crippen LogP) is 2.30. The van der Waals surface area contributed by atoms with E-state index in [0.29, 0.717) is 18.1 Å². The Morgan fingerprint density at radius 2 is 2.14 bits per heavy atom. The van der Waals surface area contributed by atoms with E-state index in [0.717, 1.165) is 24.6 Å². The first kappa shape index (κ1) is 16.2. The number of nitro groups is 1. The molecular weight excluding hydrogens is 319 g/mol. The van der Waals surface area contributed by atoms with Crippen molar-refractivity contribution in [1.29, 1.82) is 0 Å². The molecule has 0 bridgehead atoms. The van der Waals surface area contributed by atoms with Crippen LogP contribution in [0.1, 0.15) is 19.3 Å². The maximum Gasteiger partial charge on any atom is 0.324 e. The van der Waals surface area contributed by atoms with E-state index >= 15 is 0 Å². The van der Waals surface area contributed by atoms with Gasteiger partial charge in [0.1, 0.15) is 0 Å². The number of halogens is 1. The molecule has 0 aliphatic heterocycles. The number of thioether (sulfide) groups is 1. The highest BCUT2D eigenvalue weighted by atomic mass is 32.2. The number of nitro benzene ring substituents is 1. The lowest BCUT2D eigenvalue weighted by Crippen LogP contribution is -2.33. The fourth-order valence-electron chi connectivity index (χ4n) is 2.43. The molecule has 0 aromatic heterocycles. The zero-order valence-corrected chi connectivity index (χ0v) is 12.9. The van der Waals surface area contributed by atoms with E-state index in [1.165, 1.54) is 0 Å². The first-order valence-corrected chi connectivity index (χ1v) is 9.10. The minimum Gasteiger partial charge on any atom is -0.258 e. The lowest BCUT2D eigenvalue weighted by atomic mass is 10.3. The molecule has 0 saturated heterocycles. The van der Waals surface area contributed by atoms with Gasteiger partial charge in [0.2, 0.25) is 15.8 Å². The van der Waals surface area contributed by atoms with Gasteiger partial charge in [-0.05, 0) is 37.7 Å². The van der Waals surface area contributed by atoms with Crippen molar-refractivity contribution in [2.45, 2.75) is 35.4 Å². The number of para-hydroxylation sites is 1. The number of nitrogens with zero attached hydrogens (tertiary/aromatic N) is 1. The zero-order valence-electron chi connectivity index (χ0n) is 11.3. The Balaban J connectivity index is 2.29. The van der Waals surface area contributed by atoms with Crippen LogP contribution in [0.15, 0.2) is 23.1 Å². The van der Waals surface area contributed by atoms with Crippen LogP contribution in [-0.2, 0) is 10.0 Å². The smallest absolute Gasteiger partial charge is 0.258 e. The Kier molecular flexibility index (Phi) is 4.84. The lowest BCUT2D eigenvalue weighted by Gasteiger charge is -2.13. The summed E-state index contributed by atoms with van der Waals surface area (Å²) < 4.78 is 40.5. The maximum atomic E-state index is 13.5. The molecule has 1 aromatic carbocycles. The molecule has 0 amide bonds. The first-order valence-electron chi connectivity index (χ1n) is 6.33. The molecule has 1 N–H and O–H groups in total. The molecule has 2 atom stereocenters. The molecule has 2 unspecified atom stereocenters. The molecule has 2 rings (SSSR count). The molecule has 0 spiro atoms. The van der Waals surface area contributed by atoms with Gasteiger partial charge in [0.05, 0.1) is 4.92 Å². The van der Waals surface area contributed by atoms with Gasteiger partial charge in [-0.3, -0.25) is 10.1 Å². The SMILES string of the molecule is CSC1CCC(NS(=O)(=O)c2cccc(F)c2[N+](=O)[O-])C1. The highest BCUT2D eigenvalue weighted by Gasteiger charge is 2.33. The van der Waals surface area contributed by atoms with Gasteiger partial charge in [0.15, 0.2) is 4.90 Å². The van der Waals surface area contributed by atoms with Crippen LogP contribution in [0, 0.1) is 15.9 Å². The van der Waals surface area contributed by atoms with E-state index in [2.05, 4.69) is 4.72 Å². The van der Waals surface area contributed by atoms with Crippen LogP contribution in [0.2, 0.25) is 0 Å². The Morgan fingerprint density at radius 3 is 2.71 bits per heavy atom. The van der Waals surface area contributed by atoms with Crippen molar-refractivity contribution in [2.24, 2.45) is 0 Å². The second-order valence-corrected chi connectivity index (χ2v) is 7.65. The third-order valence-corrected chi connectivity index (χ3v) is 6.11. The van der Waals surface area contributed by atoms with Crippen LogP contribution in [0.3, 0.4) is 0 Å². The minimum atomic E-state index is -4.11. The zero-order chi connectivity index (χ0) is 15.6. The Morgan fingerprint density at radius 1 is 1.43 bits per heavy atom. The molecule has 21 heavy (non-hydrogen) atoms. The van der Waals surface area contributed by atoms with Crippen LogP contribution >= 0.6 is 11.8 Å². The second-order valence-electron chi connectivity index (χ2n) is 4.83. The van der Waals surface area contributed by atoms with Gasteiger partial charge in [-0.25, -0.2) is 13.1 Å². The topological polar surface area (TPSA) is 89.3 Å². The van der Waals surface area contributed by atoms with Gasteiger partial charge < -0.3 is 0 Å². The monoisotopic (exact) mass is 334 g/mol. The van der Waals surface area contributed by atoms with Gasteiger partial charge in [0.25, 0.3) is 0 Å². The van der Waals surface area contributed by atoms with Gasteiger partial charge in [-0.1, -0.05) is 6.07 Å². The van der Waals surface area contributed by atoms with E-state index in [9.17, 15) is 22.9 Å². The molecule has 9 heteroatoms. The van der Waals surface area contributed by atoms with E-state index in [-0.39, 0.29) is 6.04 Å². The van der Waals surface area contributed by atoms with Gasteiger partial charge >= 0.3 is 5.69 Å². The third kappa shape index (κ3) is 3.53. The average Bonchev–Trinajstić information content (AvgIpc) is 2.85. The molecule has 1 aliphatic rings. The molecule has 1 aliphatic carbocycles. The molecule has 0 radical (unpaired) electrons. The highest BCUT2D eigenvalue weighted by molar-refractivity contribution is 7.99. The van der Waals surface area contributed by atoms with Crippen molar-refractivity contribution in [2.75, 3.05) is 6.26 Å². The predicted molar refractivity (Wildman–Crippen MR) is 78.3 cm³/mol. The van der Waals surface area contributed by atoms with Crippen LogP contribution < -0.4 is 4.72 Å². The standard InChI is InChI=1S/C12H15FN2O4S2/c1-20-9-6-5-8(7-9)14-21(18,19)11-4-2-3-10(13)12(11)15(16)17/h2-4,8-9,14H,5-7H2,1H3. The molecule has 6 nitrogen and oxygen atoms in total. The Bertz CT molecular complexity index is 651. The first-order chi connectivity index (χ1) is 9.85.